The van der Waals surface area contributed by atoms with Crippen LogP contribution in [0.1, 0.15) is 71.1 Å². The second-order valence-corrected chi connectivity index (χ2v) is 18.0. The average molecular weight is 716 g/mol. The van der Waals surface area contributed by atoms with Crippen LogP contribution in [0.15, 0.2) is 72.8 Å². The molecule has 50 heavy (non-hydrogen) atoms. The van der Waals surface area contributed by atoms with Crippen LogP contribution in [-0.4, -0.2) is 60.3 Å². The number of allylic oxidation sites excluding steroid dienone is 2. The monoisotopic (exact) mass is 715 g/mol. The highest BCUT2D eigenvalue weighted by atomic mass is 32.2. The third kappa shape index (κ3) is 6.91. The number of Topliss-reactive ketones (excluding diaryl/α,β-unsaturated/α-hetero) is 1. The first-order chi connectivity index (χ1) is 24.0. The van der Waals surface area contributed by atoms with E-state index in [9.17, 15) is 22.8 Å². The maximum absolute atomic E-state index is 14.5. The average Bonchev–Trinajstić information content (AvgIpc) is 4.00. The lowest BCUT2D eigenvalue weighted by atomic mass is 9.72. The van der Waals surface area contributed by atoms with E-state index in [1.165, 1.54) is 0 Å². The molecule has 0 radical (unpaired) electrons. The summed E-state index contributed by atoms with van der Waals surface area (Å²) in [6.07, 6.45) is 8.80. The van der Waals surface area contributed by atoms with E-state index in [-0.39, 0.29) is 30.1 Å². The van der Waals surface area contributed by atoms with Crippen LogP contribution in [-0.2, 0) is 24.4 Å². The Labute approximate surface area is 298 Å². The molecule has 1 aliphatic heterocycles. The SMILES string of the molecule is CN1CCCC/C=C\[C@@H]2C[C@@]2(C(=O)NS(=O)(=O)C2(C)CC2)CC(=O)[C@@H]2C[C@@H](Oc3nc(-c4ccccc4)sc3-c3ccccc3)CC[C@H]2C1=O. The number of carbonyl (C=O) groups is 3. The van der Waals surface area contributed by atoms with Gasteiger partial charge in [0.15, 0.2) is 0 Å². The maximum atomic E-state index is 14.5. The van der Waals surface area contributed by atoms with Gasteiger partial charge in [-0.3, -0.25) is 19.1 Å². The molecule has 2 heterocycles. The lowest BCUT2D eigenvalue weighted by Gasteiger charge is -2.37. The molecule has 3 aliphatic carbocycles. The second kappa shape index (κ2) is 13.7. The first-order valence-electron chi connectivity index (χ1n) is 17.8. The van der Waals surface area contributed by atoms with E-state index in [1.807, 2.05) is 72.8 Å². The maximum Gasteiger partial charge on any atom is 0.240 e. The summed E-state index contributed by atoms with van der Waals surface area (Å²) in [6.45, 7) is 2.25. The smallest absolute Gasteiger partial charge is 0.240 e. The number of ether oxygens (including phenoxy) is 1. The number of hydrogen-bond acceptors (Lipinski definition) is 8. The number of nitrogens with zero attached hydrogens (tertiary/aromatic N) is 2. The fourth-order valence-corrected chi connectivity index (χ4v) is 9.88. The van der Waals surface area contributed by atoms with E-state index in [0.717, 1.165) is 40.3 Å². The molecule has 2 aromatic carbocycles. The molecule has 4 aliphatic rings. The first kappa shape index (κ1) is 34.6. The van der Waals surface area contributed by atoms with Crippen molar-refractivity contribution < 1.29 is 27.5 Å². The van der Waals surface area contributed by atoms with Gasteiger partial charge in [0.25, 0.3) is 0 Å². The summed E-state index contributed by atoms with van der Waals surface area (Å²) in [7, 11) is -2.07. The standard InChI is InChI=1S/C39H45N3O6S2/c1-38(20-21-38)50(46,47)41-37(45)39-24-28(39)17-11-3-4-12-22-42(2)36(44)30-19-18-29(23-31(30)32(43)25-39)48-34-33(26-13-7-5-8-14-26)49-35(40-34)27-15-9-6-10-16-27/h5-11,13-17,28-31H,3-4,12,18-25H2,1-2H3,(H,41,45)/b17-11-/t28-,29+,30-,31-,39-/m1/s1. The van der Waals surface area contributed by atoms with Gasteiger partial charge in [-0.05, 0) is 76.2 Å². The molecule has 9 nitrogen and oxygen atoms in total. The molecule has 5 atom stereocenters. The molecule has 0 unspecified atom stereocenters. The van der Waals surface area contributed by atoms with Gasteiger partial charge in [-0.25, -0.2) is 13.4 Å². The summed E-state index contributed by atoms with van der Waals surface area (Å²) < 4.78 is 34.3. The lowest BCUT2D eigenvalue weighted by molar-refractivity contribution is -0.144. The van der Waals surface area contributed by atoms with Gasteiger partial charge >= 0.3 is 0 Å². The van der Waals surface area contributed by atoms with Gasteiger partial charge in [-0.2, -0.15) is 0 Å². The van der Waals surface area contributed by atoms with Crippen molar-refractivity contribution in [2.45, 2.75) is 82.0 Å². The summed E-state index contributed by atoms with van der Waals surface area (Å²) in [5.41, 5.74) is 0.818. The number of benzene rings is 2. The van der Waals surface area contributed by atoms with Crippen molar-refractivity contribution in [3.05, 3.63) is 72.8 Å². The van der Waals surface area contributed by atoms with Crippen molar-refractivity contribution in [1.29, 1.82) is 0 Å². The molecule has 2 amide bonds. The minimum atomic E-state index is -3.87. The molecule has 3 fully saturated rings. The molecule has 0 bridgehead atoms. The van der Waals surface area contributed by atoms with Crippen molar-refractivity contribution in [3.8, 4) is 26.9 Å². The fourth-order valence-electron chi connectivity index (χ4n) is 7.54. The fraction of sp³-hybridized carbons (Fsp3) is 0.487. The topological polar surface area (TPSA) is 123 Å². The number of nitrogens with one attached hydrogen (secondary N) is 1. The molecule has 1 aromatic heterocycles. The number of sulfonamides is 1. The molecular formula is C39H45N3O6S2. The normalized spacial score (nSPS) is 28.8. The van der Waals surface area contributed by atoms with Crippen LogP contribution in [0.5, 0.6) is 5.88 Å². The summed E-state index contributed by atoms with van der Waals surface area (Å²) in [5, 5.41) is 0.829. The van der Waals surface area contributed by atoms with E-state index in [1.54, 1.807) is 30.2 Å². The van der Waals surface area contributed by atoms with E-state index >= 15 is 0 Å². The summed E-state index contributed by atoms with van der Waals surface area (Å²) in [4.78, 5) is 49.8. The zero-order valence-electron chi connectivity index (χ0n) is 28.7. The summed E-state index contributed by atoms with van der Waals surface area (Å²) >= 11 is 1.55. The van der Waals surface area contributed by atoms with E-state index in [4.69, 9.17) is 9.72 Å². The Morgan fingerprint density at radius 3 is 2.38 bits per heavy atom. The number of amides is 2. The molecule has 11 heteroatoms. The van der Waals surface area contributed by atoms with E-state index in [0.29, 0.717) is 50.9 Å². The summed E-state index contributed by atoms with van der Waals surface area (Å²) in [5.74, 6) is -1.80. The third-order valence-electron chi connectivity index (χ3n) is 11.2. The Morgan fingerprint density at radius 2 is 1.68 bits per heavy atom. The summed E-state index contributed by atoms with van der Waals surface area (Å²) in [6, 6.07) is 19.9. The van der Waals surface area contributed by atoms with Crippen LogP contribution < -0.4 is 9.46 Å². The molecule has 3 aromatic rings. The number of carbonyl (C=O) groups excluding carboxylic acids is 3. The predicted octanol–water partition coefficient (Wildman–Crippen LogP) is 6.80. The van der Waals surface area contributed by atoms with Gasteiger partial charge in [0.2, 0.25) is 27.7 Å². The molecule has 7 rings (SSSR count). The van der Waals surface area contributed by atoms with Crippen LogP contribution in [0.2, 0.25) is 0 Å². The third-order valence-corrected chi connectivity index (χ3v) is 14.5. The molecule has 1 N–H and O–H groups in total. The van der Waals surface area contributed by atoms with E-state index < -0.39 is 37.9 Å². The van der Waals surface area contributed by atoms with Crippen LogP contribution in [0.4, 0.5) is 0 Å². The van der Waals surface area contributed by atoms with E-state index in [2.05, 4.69) is 4.72 Å². The van der Waals surface area contributed by atoms with Gasteiger partial charge in [0, 0.05) is 37.4 Å². The Morgan fingerprint density at radius 1 is 0.980 bits per heavy atom. The van der Waals surface area contributed by atoms with Crippen molar-refractivity contribution in [3.63, 3.8) is 0 Å². The minimum absolute atomic E-state index is 0.0607. The molecule has 264 valence electrons. The van der Waals surface area contributed by atoms with Crippen LogP contribution in [0, 0.1) is 23.2 Å². The largest absolute Gasteiger partial charge is 0.473 e. The minimum Gasteiger partial charge on any atom is -0.473 e. The van der Waals surface area contributed by atoms with Crippen molar-refractivity contribution in [2.24, 2.45) is 23.2 Å². The van der Waals surface area contributed by atoms with Gasteiger partial charge in [0.1, 0.15) is 16.9 Å². The van der Waals surface area contributed by atoms with Gasteiger partial charge < -0.3 is 9.64 Å². The molecule has 0 spiro atoms. The lowest BCUT2D eigenvalue weighted by Crippen LogP contribution is -2.47. The Kier molecular flexibility index (Phi) is 9.49. The zero-order valence-corrected chi connectivity index (χ0v) is 30.3. The molecule has 0 saturated heterocycles. The number of rotatable bonds is 7. The molecule has 3 saturated carbocycles. The van der Waals surface area contributed by atoms with Crippen LogP contribution in [0.25, 0.3) is 21.0 Å². The zero-order chi connectivity index (χ0) is 35.1. The number of thiazole rings is 1. The Balaban J connectivity index is 1.17. The highest BCUT2D eigenvalue weighted by Gasteiger charge is 2.62. The highest BCUT2D eigenvalue weighted by Crippen LogP contribution is 2.58. The second-order valence-electron chi connectivity index (χ2n) is 14.8. The quantitative estimate of drug-likeness (QED) is 0.267. The number of fused-ring (bicyclic) bond motifs is 2. The van der Waals surface area contributed by atoms with Crippen molar-refractivity contribution >= 4 is 39.0 Å². The first-order valence-corrected chi connectivity index (χ1v) is 20.1. The number of aromatic nitrogens is 1. The van der Waals surface area contributed by atoms with Gasteiger partial charge in [0.05, 0.1) is 15.0 Å². The van der Waals surface area contributed by atoms with Gasteiger partial charge in [-0.1, -0.05) is 72.8 Å². The number of hydrogen-bond donors (Lipinski definition) is 1. The highest BCUT2D eigenvalue weighted by molar-refractivity contribution is 7.91. The predicted molar refractivity (Wildman–Crippen MR) is 194 cm³/mol. The van der Waals surface area contributed by atoms with Gasteiger partial charge in [-0.15, -0.1) is 11.3 Å². The van der Waals surface area contributed by atoms with Crippen LogP contribution >= 0.6 is 11.3 Å². The Bertz CT molecular complexity index is 1890. The molecular weight excluding hydrogens is 671 g/mol. The Hall–Kier alpha value is -3.83. The van der Waals surface area contributed by atoms with Crippen LogP contribution in [0.3, 0.4) is 0 Å². The number of ketones is 1. The van der Waals surface area contributed by atoms with Crippen molar-refractivity contribution in [2.75, 3.05) is 13.6 Å². The van der Waals surface area contributed by atoms with Crippen molar-refractivity contribution in [1.82, 2.24) is 14.6 Å².